The molecule has 0 saturated carbocycles. The molecule has 1 N–H and O–H groups in total. The van der Waals surface area contributed by atoms with E-state index in [0.717, 1.165) is 0 Å². The molecule has 1 aromatic carbocycles. The highest BCUT2D eigenvalue weighted by Crippen LogP contribution is 2.31. The first kappa shape index (κ1) is 10.7. The van der Waals surface area contributed by atoms with E-state index in [-0.39, 0.29) is 18.3 Å². The van der Waals surface area contributed by atoms with Crippen LogP contribution in [0.4, 0.5) is 10.2 Å². The number of hydrogen-bond donors (Lipinski definition) is 1. The molecule has 1 aromatic heterocycles. The zero-order chi connectivity index (χ0) is 12.5. The van der Waals surface area contributed by atoms with Crippen molar-refractivity contribution in [1.29, 1.82) is 0 Å². The largest absolute Gasteiger partial charge is 0.480 e. The molecule has 1 aliphatic rings. The first-order valence-electron chi connectivity index (χ1n) is 5.41. The number of ether oxygens (including phenoxy) is 1. The first-order valence-corrected chi connectivity index (χ1v) is 5.41. The van der Waals surface area contributed by atoms with E-state index in [1.165, 1.54) is 12.3 Å². The summed E-state index contributed by atoms with van der Waals surface area (Å²) < 4.78 is 18.9. The minimum Gasteiger partial charge on any atom is -0.480 e. The summed E-state index contributed by atoms with van der Waals surface area (Å²) in [6, 6.07) is 8.10. The second kappa shape index (κ2) is 4.10. The van der Waals surface area contributed by atoms with Crippen LogP contribution in [-0.2, 0) is 4.79 Å². The molecule has 90 valence electrons. The van der Waals surface area contributed by atoms with Crippen molar-refractivity contribution in [3.8, 4) is 16.9 Å². The molecule has 0 aliphatic carbocycles. The minimum atomic E-state index is -0.320. The molecule has 3 rings (SSSR count). The van der Waals surface area contributed by atoms with Gasteiger partial charge in [0.05, 0.1) is 0 Å². The number of nitrogens with zero attached hydrogens (tertiary/aromatic N) is 1. The molecule has 2 aromatic rings. The monoisotopic (exact) mass is 244 g/mol. The summed E-state index contributed by atoms with van der Waals surface area (Å²) in [5.74, 6) is 0.259. The molecule has 0 saturated heterocycles. The van der Waals surface area contributed by atoms with Crippen molar-refractivity contribution in [3.05, 3.63) is 42.3 Å². The van der Waals surface area contributed by atoms with Gasteiger partial charge in [0.15, 0.2) is 18.2 Å². The van der Waals surface area contributed by atoms with E-state index in [2.05, 4.69) is 10.3 Å². The standard InChI is InChI=1S/C13H9FN2O2/c14-10-4-2-1-3-9(10)8-5-11-13(15-6-8)16-12(17)7-18-11/h1-6H,7H2,(H,15,16,17). The van der Waals surface area contributed by atoms with Gasteiger partial charge in [0.25, 0.3) is 5.91 Å². The summed E-state index contributed by atoms with van der Waals surface area (Å²) in [7, 11) is 0. The molecule has 5 heteroatoms. The normalized spacial score (nSPS) is 13.5. The van der Waals surface area contributed by atoms with Crippen LogP contribution in [0.15, 0.2) is 36.5 Å². The summed E-state index contributed by atoms with van der Waals surface area (Å²) in [5.41, 5.74) is 1.07. The summed E-state index contributed by atoms with van der Waals surface area (Å²) in [6.07, 6.45) is 1.51. The van der Waals surface area contributed by atoms with E-state index in [4.69, 9.17) is 4.74 Å². The lowest BCUT2D eigenvalue weighted by Gasteiger charge is -2.17. The van der Waals surface area contributed by atoms with Gasteiger partial charge >= 0.3 is 0 Å². The van der Waals surface area contributed by atoms with Gasteiger partial charge in [-0.1, -0.05) is 18.2 Å². The van der Waals surface area contributed by atoms with E-state index >= 15 is 0 Å². The second-order valence-corrected chi connectivity index (χ2v) is 3.89. The van der Waals surface area contributed by atoms with Crippen molar-refractivity contribution < 1.29 is 13.9 Å². The first-order chi connectivity index (χ1) is 8.74. The average molecular weight is 244 g/mol. The Labute approximate surface area is 102 Å². The second-order valence-electron chi connectivity index (χ2n) is 3.89. The topological polar surface area (TPSA) is 51.2 Å². The van der Waals surface area contributed by atoms with Gasteiger partial charge in [-0.2, -0.15) is 0 Å². The highest BCUT2D eigenvalue weighted by molar-refractivity contribution is 5.94. The quantitative estimate of drug-likeness (QED) is 0.836. The van der Waals surface area contributed by atoms with Gasteiger partial charge in [-0.15, -0.1) is 0 Å². The van der Waals surface area contributed by atoms with E-state index in [1.54, 1.807) is 24.3 Å². The van der Waals surface area contributed by atoms with Gasteiger partial charge in [-0.05, 0) is 12.1 Å². The van der Waals surface area contributed by atoms with Crippen LogP contribution in [0.2, 0.25) is 0 Å². The highest BCUT2D eigenvalue weighted by atomic mass is 19.1. The van der Waals surface area contributed by atoms with Gasteiger partial charge in [0, 0.05) is 17.3 Å². The van der Waals surface area contributed by atoms with E-state index in [0.29, 0.717) is 22.7 Å². The van der Waals surface area contributed by atoms with Crippen molar-refractivity contribution in [1.82, 2.24) is 4.98 Å². The van der Waals surface area contributed by atoms with Crippen molar-refractivity contribution >= 4 is 11.7 Å². The van der Waals surface area contributed by atoms with Crippen LogP contribution in [0.3, 0.4) is 0 Å². The molecular formula is C13H9FN2O2. The lowest BCUT2D eigenvalue weighted by molar-refractivity contribution is -0.118. The zero-order valence-electron chi connectivity index (χ0n) is 9.31. The zero-order valence-corrected chi connectivity index (χ0v) is 9.31. The molecule has 0 atom stereocenters. The Hall–Kier alpha value is -2.43. The predicted octanol–water partition coefficient (Wildman–Crippen LogP) is 2.22. The van der Waals surface area contributed by atoms with Crippen molar-refractivity contribution in [3.63, 3.8) is 0 Å². The smallest absolute Gasteiger partial charge is 0.263 e. The number of hydrogen-bond acceptors (Lipinski definition) is 3. The van der Waals surface area contributed by atoms with E-state index < -0.39 is 0 Å². The SMILES string of the molecule is O=C1COc2cc(-c3ccccc3F)cnc2N1. The van der Waals surface area contributed by atoms with Crippen LogP contribution in [0, 0.1) is 5.82 Å². The number of anilines is 1. The number of amides is 1. The Morgan fingerprint density at radius 2 is 2.17 bits per heavy atom. The van der Waals surface area contributed by atoms with Crippen LogP contribution in [-0.4, -0.2) is 17.5 Å². The Balaban J connectivity index is 2.05. The molecule has 0 unspecified atom stereocenters. The number of carbonyl (C=O) groups is 1. The average Bonchev–Trinajstić information content (AvgIpc) is 2.39. The molecular weight excluding hydrogens is 235 g/mol. The third-order valence-electron chi connectivity index (χ3n) is 2.65. The van der Waals surface area contributed by atoms with Gasteiger partial charge in [-0.3, -0.25) is 4.79 Å². The number of rotatable bonds is 1. The molecule has 2 heterocycles. The molecule has 0 bridgehead atoms. The third kappa shape index (κ3) is 1.79. The maximum Gasteiger partial charge on any atom is 0.263 e. The van der Waals surface area contributed by atoms with Gasteiger partial charge in [0.1, 0.15) is 5.82 Å². The molecule has 0 radical (unpaired) electrons. The Kier molecular flexibility index (Phi) is 2.44. The Morgan fingerprint density at radius 1 is 1.33 bits per heavy atom. The fraction of sp³-hybridized carbons (Fsp3) is 0.0769. The Morgan fingerprint density at radius 3 is 3.00 bits per heavy atom. The van der Waals surface area contributed by atoms with Crippen molar-refractivity contribution in [2.45, 2.75) is 0 Å². The number of nitrogens with one attached hydrogen (secondary N) is 1. The molecule has 4 nitrogen and oxygen atoms in total. The van der Waals surface area contributed by atoms with Gasteiger partial charge in [0.2, 0.25) is 0 Å². The third-order valence-corrected chi connectivity index (χ3v) is 2.65. The number of fused-ring (bicyclic) bond motifs is 1. The summed E-state index contributed by atoms with van der Waals surface area (Å²) >= 11 is 0. The van der Waals surface area contributed by atoms with Gasteiger partial charge in [-0.25, -0.2) is 9.37 Å². The maximum atomic E-state index is 13.6. The molecule has 0 fully saturated rings. The van der Waals surface area contributed by atoms with Crippen LogP contribution < -0.4 is 10.1 Å². The molecule has 1 aliphatic heterocycles. The number of carbonyl (C=O) groups excluding carboxylic acids is 1. The number of benzene rings is 1. The van der Waals surface area contributed by atoms with Crippen LogP contribution in [0.5, 0.6) is 5.75 Å². The van der Waals surface area contributed by atoms with Gasteiger partial charge < -0.3 is 10.1 Å². The molecule has 1 amide bonds. The van der Waals surface area contributed by atoms with Crippen molar-refractivity contribution in [2.24, 2.45) is 0 Å². The molecule has 18 heavy (non-hydrogen) atoms. The summed E-state index contributed by atoms with van der Waals surface area (Å²) in [4.78, 5) is 15.2. The number of aromatic nitrogens is 1. The molecule has 0 spiro atoms. The van der Waals surface area contributed by atoms with Crippen LogP contribution in [0.1, 0.15) is 0 Å². The van der Waals surface area contributed by atoms with E-state index in [1.807, 2.05) is 0 Å². The van der Waals surface area contributed by atoms with E-state index in [9.17, 15) is 9.18 Å². The maximum absolute atomic E-state index is 13.6. The van der Waals surface area contributed by atoms with Crippen LogP contribution >= 0.6 is 0 Å². The number of halogens is 1. The Bertz CT molecular complexity index is 628. The predicted molar refractivity (Wildman–Crippen MR) is 63.8 cm³/mol. The lowest BCUT2D eigenvalue weighted by atomic mass is 10.1. The fourth-order valence-corrected chi connectivity index (χ4v) is 1.80. The fourth-order valence-electron chi connectivity index (χ4n) is 1.80. The van der Waals surface area contributed by atoms with Crippen LogP contribution in [0.25, 0.3) is 11.1 Å². The summed E-state index contributed by atoms with van der Waals surface area (Å²) in [5, 5.41) is 2.58. The highest BCUT2D eigenvalue weighted by Gasteiger charge is 2.18. The van der Waals surface area contributed by atoms with Crippen molar-refractivity contribution in [2.75, 3.05) is 11.9 Å². The summed E-state index contributed by atoms with van der Waals surface area (Å²) in [6.45, 7) is -0.0462. The number of pyridine rings is 1. The lowest BCUT2D eigenvalue weighted by Crippen LogP contribution is -2.26. The minimum absolute atomic E-state index is 0.0462.